The van der Waals surface area contributed by atoms with E-state index in [1.165, 1.54) is 23.5 Å². The number of aryl methyl sites for hydroxylation is 1. The minimum atomic E-state index is -0.616. The van der Waals surface area contributed by atoms with Gasteiger partial charge in [-0.25, -0.2) is 9.37 Å². The molecule has 2 heterocycles. The van der Waals surface area contributed by atoms with Crippen molar-refractivity contribution in [2.75, 3.05) is 13.1 Å². The fourth-order valence-corrected chi connectivity index (χ4v) is 3.56. The van der Waals surface area contributed by atoms with Gasteiger partial charge in [-0.05, 0) is 43.4 Å². The van der Waals surface area contributed by atoms with Gasteiger partial charge in [0.05, 0.1) is 11.1 Å². The first-order valence-electron chi connectivity index (χ1n) is 7.69. The lowest BCUT2D eigenvalue weighted by molar-refractivity contribution is 0.0459. The molecule has 122 valence electrons. The van der Waals surface area contributed by atoms with Crippen LogP contribution in [0.3, 0.4) is 0 Å². The maximum Gasteiger partial charge on any atom is 0.273 e. The van der Waals surface area contributed by atoms with E-state index in [0.717, 1.165) is 23.4 Å². The number of hydrogen-bond donors (Lipinski definition) is 1. The van der Waals surface area contributed by atoms with Crippen molar-refractivity contribution in [2.45, 2.75) is 25.9 Å². The number of amides is 1. The Morgan fingerprint density at radius 1 is 1.35 bits per heavy atom. The lowest BCUT2D eigenvalue weighted by Gasteiger charge is -2.34. The molecule has 1 aromatic carbocycles. The molecule has 23 heavy (non-hydrogen) atoms. The number of hydrogen-bond acceptors (Lipinski definition) is 4. The molecule has 0 saturated carbocycles. The zero-order valence-electron chi connectivity index (χ0n) is 12.9. The van der Waals surface area contributed by atoms with Crippen molar-refractivity contribution in [3.8, 4) is 0 Å². The minimum absolute atomic E-state index is 0.0379. The van der Waals surface area contributed by atoms with Crippen LogP contribution in [-0.2, 0) is 0 Å². The predicted molar refractivity (Wildman–Crippen MR) is 86.8 cm³/mol. The van der Waals surface area contributed by atoms with Gasteiger partial charge in [0.2, 0.25) is 0 Å². The van der Waals surface area contributed by atoms with Crippen LogP contribution in [0.5, 0.6) is 0 Å². The predicted octanol–water partition coefficient (Wildman–Crippen LogP) is 3.18. The van der Waals surface area contributed by atoms with Crippen molar-refractivity contribution < 1.29 is 14.3 Å². The van der Waals surface area contributed by atoms with Gasteiger partial charge in [0.15, 0.2) is 0 Å². The van der Waals surface area contributed by atoms with Crippen LogP contribution in [-0.4, -0.2) is 34.0 Å². The maximum absolute atomic E-state index is 13.0. The zero-order chi connectivity index (χ0) is 16.4. The highest BCUT2D eigenvalue weighted by Crippen LogP contribution is 2.31. The van der Waals surface area contributed by atoms with Crippen molar-refractivity contribution in [3.05, 3.63) is 51.7 Å². The highest BCUT2D eigenvalue weighted by molar-refractivity contribution is 7.09. The van der Waals surface area contributed by atoms with Crippen LogP contribution in [0.1, 0.15) is 40.0 Å². The molecule has 6 heteroatoms. The Bertz CT molecular complexity index is 678. The van der Waals surface area contributed by atoms with Crippen LogP contribution < -0.4 is 0 Å². The summed E-state index contributed by atoms with van der Waals surface area (Å²) in [4.78, 5) is 18.4. The molecule has 0 aliphatic carbocycles. The van der Waals surface area contributed by atoms with E-state index in [0.29, 0.717) is 18.8 Å². The first-order chi connectivity index (χ1) is 11.0. The van der Waals surface area contributed by atoms with Crippen LogP contribution >= 0.6 is 11.3 Å². The van der Waals surface area contributed by atoms with Crippen LogP contribution in [0.2, 0.25) is 0 Å². The topological polar surface area (TPSA) is 53.4 Å². The van der Waals surface area contributed by atoms with Crippen molar-refractivity contribution in [3.63, 3.8) is 0 Å². The summed E-state index contributed by atoms with van der Waals surface area (Å²) in [6, 6.07) is 5.97. The number of nitrogens with zero attached hydrogens (tertiary/aromatic N) is 2. The van der Waals surface area contributed by atoms with E-state index in [9.17, 15) is 14.3 Å². The largest absolute Gasteiger partial charge is 0.388 e. The van der Waals surface area contributed by atoms with Crippen molar-refractivity contribution in [1.29, 1.82) is 0 Å². The molecular weight excluding hydrogens is 315 g/mol. The van der Waals surface area contributed by atoms with Gasteiger partial charge in [-0.1, -0.05) is 12.1 Å². The number of thiazole rings is 1. The number of carbonyl (C=O) groups excluding carboxylic acids is 1. The van der Waals surface area contributed by atoms with E-state index < -0.39 is 6.10 Å². The molecule has 3 rings (SSSR count). The van der Waals surface area contributed by atoms with E-state index in [2.05, 4.69) is 4.98 Å². The lowest BCUT2D eigenvalue weighted by Crippen LogP contribution is -2.39. The zero-order valence-corrected chi connectivity index (χ0v) is 13.7. The third kappa shape index (κ3) is 3.59. The molecule has 1 aromatic heterocycles. The monoisotopic (exact) mass is 334 g/mol. The Morgan fingerprint density at radius 2 is 2.00 bits per heavy atom. The summed E-state index contributed by atoms with van der Waals surface area (Å²) in [5.41, 5.74) is 1.23. The Kier molecular flexibility index (Phi) is 4.73. The number of aliphatic hydroxyl groups excluding tert-OH is 1. The summed E-state index contributed by atoms with van der Waals surface area (Å²) in [6.07, 6.45) is 0.843. The summed E-state index contributed by atoms with van der Waals surface area (Å²) in [7, 11) is 0. The molecule has 1 unspecified atom stereocenters. The number of piperidine rings is 1. The summed E-state index contributed by atoms with van der Waals surface area (Å²) in [6.45, 7) is 3.10. The van der Waals surface area contributed by atoms with Crippen molar-refractivity contribution >= 4 is 17.2 Å². The normalized spacial score (nSPS) is 17.3. The Balaban J connectivity index is 1.59. The molecule has 1 aliphatic rings. The molecule has 4 nitrogen and oxygen atoms in total. The molecule has 1 aliphatic heterocycles. The third-order valence-corrected chi connectivity index (χ3v) is 5.10. The summed E-state index contributed by atoms with van der Waals surface area (Å²) >= 11 is 1.47. The molecule has 1 amide bonds. The van der Waals surface area contributed by atoms with E-state index >= 15 is 0 Å². The smallest absolute Gasteiger partial charge is 0.273 e. The second-order valence-electron chi connectivity index (χ2n) is 5.88. The number of carbonyl (C=O) groups is 1. The summed E-state index contributed by atoms with van der Waals surface area (Å²) < 4.78 is 13.0. The quantitative estimate of drug-likeness (QED) is 0.938. The molecule has 0 bridgehead atoms. The van der Waals surface area contributed by atoms with Crippen molar-refractivity contribution in [1.82, 2.24) is 9.88 Å². The van der Waals surface area contributed by atoms with Gasteiger partial charge in [-0.15, -0.1) is 11.3 Å². The van der Waals surface area contributed by atoms with E-state index in [1.807, 2.05) is 6.92 Å². The third-order valence-electron chi connectivity index (χ3n) is 4.32. The van der Waals surface area contributed by atoms with Gasteiger partial charge in [0, 0.05) is 18.5 Å². The number of rotatable bonds is 3. The van der Waals surface area contributed by atoms with Crippen LogP contribution in [0.15, 0.2) is 29.6 Å². The Labute approximate surface area is 138 Å². The average molecular weight is 334 g/mol. The fourth-order valence-electron chi connectivity index (χ4n) is 2.97. The van der Waals surface area contributed by atoms with Gasteiger partial charge in [-0.2, -0.15) is 0 Å². The number of aromatic nitrogens is 1. The summed E-state index contributed by atoms with van der Waals surface area (Å²) in [5, 5.41) is 13.1. The molecule has 1 fully saturated rings. The highest BCUT2D eigenvalue weighted by atomic mass is 32.1. The van der Waals surface area contributed by atoms with Gasteiger partial charge in [-0.3, -0.25) is 4.79 Å². The van der Waals surface area contributed by atoms with E-state index in [4.69, 9.17) is 0 Å². The first-order valence-corrected chi connectivity index (χ1v) is 8.57. The second-order valence-corrected chi connectivity index (χ2v) is 6.94. The minimum Gasteiger partial charge on any atom is -0.388 e. The lowest BCUT2D eigenvalue weighted by atomic mass is 9.87. The maximum atomic E-state index is 13.0. The van der Waals surface area contributed by atoms with Gasteiger partial charge in [0.1, 0.15) is 11.5 Å². The van der Waals surface area contributed by atoms with Gasteiger partial charge in [0.25, 0.3) is 5.91 Å². The molecule has 1 N–H and O–H groups in total. The fraction of sp³-hybridized carbons (Fsp3) is 0.412. The van der Waals surface area contributed by atoms with E-state index in [-0.39, 0.29) is 17.6 Å². The van der Waals surface area contributed by atoms with Crippen LogP contribution in [0.4, 0.5) is 4.39 Å². The van der Waals surface area contributed by atoms with Gasteiger partial charge < -0.3 is 10.0 Å². The molecule has 2 aromatic rings. The highest BCUT2D eigenvalue weighted by Gasteiger charge is 2.29. The van der Waals surface area contributed by atoms with Crippen LogP contribution in [0.25, 0.3) is 0 Å². The molecular formula is C17H19FN2O2S. The number of likely N-dealkylation sites (tertiary alicyclic amines) is 1. The molecule has 1 atom stereocenters. The number of aliphatic hydroxyl groups is 1. The van der Waals surface area contributed by atoms with E-state index in [1.54, 1.807) is 22.4 Å². The molecule has 0 spiro atoms. The number of benzene rings is 1. The average Bonchev–Trinajstić information content (AvgIpc) is 3.01. The Morgan fingerprint density at radius 3 is 2.57 bits per heavy atom. The SMILES string of the molecule is Cc1nc(C(=O)N2CCC(C(O)c3ccc(F)cc3)CC2)cs1. The molecule has 1 saturated heterocycles. The summed E-state index contributed by atoms with van der Waals surface area (Å²) in [5.74, 6) is -0.259. The van der Waals surface area contributed by atoms with Crippen LogP contribution in [0, 0.1) is 18.7 Å². The standard InChI is InChI=1S/C17H19FN2O2S/c1-11-19-15(10-23-11)17(22)20-8-6-13(7-9-20)16(21)12-2-4-14(18)5-3-12/h2-5,10,13,16,21H,6-9H2,1H3. The first kappa shape index (κ1) is 16.1. The number of halogens is 1. The molecule has 0 radical (unpaired) electrons. The second kappa shape index (κ2) is 6.76. The Hall–Kier alpha value is -1.79. The van der Waals surface area contributed by atoms with Gasteiger partial charge >= 0.3 is 0 Å². The van der Waals surface area contributed by atoms with Crippen molar-refractivity contribution in [2.24, 2.45) is 5.92 Å².